The third-order valence-corrected chi connectivity index (χ3v) is 5.24. The fraction of sp³-hybridized carbons (Fsp3) is 0.529. The van der Waals surface area contributed by atoms with E-state index in [9.17, 15) is 0 Å². The van der Waals surface area contributed by atoms with Crippen molar-refractivity contribution < 1.29 is 4.74 Å². The maximum Gasteiger partial charge on any atom is 0.152 e. The van der Waals surface area contributed by atoms with E-state index in [1.54, 1.807) is 11.3 Å². The van der Waals surface area contributed by atoms with Crippen LogP contribution in [0.2, 0.25) is 0 Å². The van der Waals surface area contributed by atoms with Gasteiger partial charge in [0.25, 0.3) is 0 Å². The number of morpholine rings is 1. The number of ether oxygens (including phenoxy) is 1. The minimum atomic E-state index is 0.156. The topological polar surface area (TPSA) is 50.3 Å². The largest absolute Gasteiger partial charge is 0.378 e. The smallest absolute Gasteiger partial charge is 0.152 e. The first-order valence-electron chi connectivity index (χ1n) is 8.01. The molecule has 2 aromatic rings. The molecule has 124 valence electrons. The highest BCUT2D eigenvalue weighted by Crippen LogP contribution is 2.29. The zero-order valence-corrected chi connectivity index (χ0v) is 14.8. The van der Waals surface area contributed by atoms with E-state index in [0.29, 0.717) is 0 Å². The van der Waals surface area contributed by atoms with E-state index >= 15 is 0 Å². The average Bonchev–Trinajstić information content (AvgIpc) is 3.03. The number of anilines is 2. The lowest BCUT2D eigenvalue weighted by Crippen LogP contribution is -2.37. The van der Waals surface area contributed by atoms with Gasteiger partial charge in [-0.25, -0.2) is 9.97 Å². The third-order valence-electron chi connectivity index (χ3n) is 3.82. The predicted octanol–water partition coefficient (Wildman–Crippen LogP) is 3.28. The Labute approximate surface area is 141 Å². The lowest BCUT2D eigenvalue weighted by atomic mass is 9.96. The number of rotatable bonds is 4. The van der Waals surface area contributed by atoms with Crippen LogP contribution < -0.4 is 10.2 Å². The number of nitrogens with one attached hydrogen (secondary N) is 1. The number of hydrogen-bond acceptors (Lipinski definition) is 6. The van der Waals surface area contributed by atoms with E-state index in [1.807, 2.05) is 18.5 Å². The zero-order valence-electron chi connectivity index (χ0n) is 14.0. The van der Waals surface area contributed by atoms with Crippen molar-refractivity contribution in [3.05, 3.63) is 34.4 Å². The van der Waals surface area contributed by atoms with Gasteiger partial charge in [-0.2, -0.15) is 0 Å². The summed E-state index contributed by atoms with van der Waals surface area (Å²) in [5, 5.41) is 4.60. The Morgan fingerprint density at radius 1 is 1.26 bits per heavy atom. The van der Waals surface area contributed by atoms with E-state index in [-0.39, 0.29) is 5.41 Å². The molecule has 0 radical (unpaired) electrons. The van der Waals surface area contributed by atoms with E-state index in [4.69, 9.17) is 4.74 Å². The van der Waals surface area contributed by atoms with Crippen LogP contribution in [0.1, 0.15) is 30.7 Å². The highest BCUT2D eigenvalue weighted by molar-refractivity contribution is 7.11. The number of nitrogens with zero attached hydrogens (tertiary/aromatic N) is 3. The molecule has 3 rings (SSSR count). The van der Waals surface area contributed by atoms with Crippen LogP contribution >= 0.6 is 11.3 Å². The Hall–Kier alpha value is -1.66. The van der Waals surface area contributed by atoms with Crippen LogP contribution in [0.4, 0.5) is 11.5 Å². The molecule has 1 N–H and O–H groups in total. The summed E-state index contributed by atoms with van der Waals surface area (Å²) in [5.41, 5.74) is 1.21. The van der Waals surface area contributed by atoms with Gasteiger partial charge in [-0.15, -0.1) is 11.3 Å². The van der Waals surface area contributed by atoms with Gasteiger partial charge in [-0.1, -0.05) is 20.8 Å². The molecule has 2 aromatic heterocycles. The second-order valence-electron chi connectivity index (χ2n) is 6.70. The summed E-state index contributed by atoms with van der Waals surface area (Å²) in [6.07, 6.45) is 3.84. The van der Waals surface area contributed by atoms with Crippen LogP contribution in [0.5, 0.6) is 0 Å². The van der Waals surface area contributed by atoms with Gasteiger partial charge < -0.3 is 15.0 Å². The van der Waals surface area contributed by atoms with Crippen molar-refractivity contribution >= 4 is 22.8 Å². The summed E-state index contributed by atoms with van der Waals surface area (Å²) < 4.78 is 5.43. The Kier molecular flexibility index (Phi) is 4.82. The molecule has 0 aromatic carbocycles. The Bertz CT molecular complexity index is 644. The molecule has 1 aliphatic rings. The fourth-order valence-electron chi connectivity index (χ4n) is 2.47. The molecule has 23 heavy (non-hydrogen) atoms. The van der Waals surface area contributed by atoms with Gasteiger partial charge in [-0.3, -0.25) is 0 Å². The van der Waals surface area contributed by atoms with Crippen LogP contribution in [-0.4, -0.2) is 36.3 Å². The minimum absolute atomic E-state index is 0.156. The Balaban J connectivity index is 1.69. The normalized spacial score (nSPS) is 15.7. The van der Waals surface area contributed by atoms with Gasteiger partial charge in [-0.05, 0) is 17.5 Å². The predicted molar refractivity (Wildman–Crippen MR) is 95.4 cm³/mol. The molecule has 1 aliphatic heterocycles. The number of thiazole rings is 1. The van der Waals surface area contributed by atoms with Gasteiger partial charge >= 0.3 is 0 Å². The van der Waals surface area contributed by atoms with Crippen molar-refractivity contribution in [2.75, 3.05) is 36.5 Å². The summed E-state index contributed by atoms with van der Waals surface area (Å²) in [6.45, 7) is 10.7. The Morgan fingerprint density at radius 3 is 2.74 bits per heavy atom. The van der Waals surface area contributed by atoms with Crippen molar-refractivity contribution in [3.63, 3.8) is 0 Å². The van der Waals surface area contributed by atoms with Gasteiger partial charge in [0, 0.05) is 30.4 Å². The molecule has 5 nitrogen and oxygen atoms in total. The molecule has 0 aliphatic carbocycles. The number of aromatic nitrogens is 2. The van der Waals surface area contributed by atoms with E-state index in [1.165, 1.54) is 4.88 Å². The Morgan fingerprint density at radius 2 is 2.04 bits per heavy atom. The van der Waals surface area contributed by atoms with Crippen molar-refractivity contribution in [2.24, 2.45) is 0 Å². The first kappa shape index (κ1) is 16.2. The number of pyridine rings is 1. The lowest BCUT2D eigenvalue weighted by Gasteiger charge is -2.29. The molecule has 0 unspecified atom stereocenters. The zero-order chi connectivity index (χ0) is 16.3. The van der Waals surface area contributed by atoms with Gasteiger partial charge in [0.15, 0.2) is 5.82 Å². The standard InChI is InChI=1S/C17H24N4OS/c1-17(2,3)14-11-20-15(23-14)12-19-13-5-4-6-18-16(13)21-7-9-22-10-8-21/h4-6,11,19H,7-10,12H2,1-3H3. The minimum Gasteiger partial charge on any atom is -0.378 e. The van der Waals surface area contributed by atoms with Gasteiger partial charge in [0.05, 0.1) is 25.4 Å². The molecule has 0 spiro atoms. The first-order valence-corrected chi connectivity index (χ1v) is 8.82. The van der Waals surface area contributed by atoms with Crippen molar-refractivity contribution in [1.82, 2.24) is 9.97 Å². The summed E-state index contributed by atoms with van der Waals surface area (Å²) >= 11 is 1.77. The SMILES string of the molecule is CC(C)(C)c1cnc(CNc2cccnc2N2CCOCC2)s1. The average molecular weight is 332 g/mol. The van der Waals surface area contributed by atoms with Crippen LogP contribution in [0, 0.1) is 0 Å². The van der Waals surface area contributed by atoms with Crippen LogP contribution in [0.15, 0.2) is 24.5 Å². The first-order chi connectivity index (χ1) is 11.0. The summed E-state index contributed by atoms with van der Waals surface area (Å²) in [6, 6.07) is 4.05. The molecule has 1 saturated heterocycles. The van der Waals surface area contributed by atoms with Crippen molar-refractivity contribution in [1.29, 1.82) is 0 Å². The fourth-order valence-corrected chi connectivity index (χ4v) is 3.39. The molecular weight excluding hydrogens is 308 g/mol. The van der Waals surface area contributed by atoms with Crippen LogP contribution in [0.25, 0.3) is 0 Å². The summed E-state index contributed by atoms with van der Waals surface area (Å²) in [5.74, 6) is 1.00. The van der Waals surface area contributed by atoms with E-state index < -0.39 is 0 Å². The molecule has 3 heterocycles. The van der Waals surface area contributed by atoms with E-state index in [0.717, 1.165) is 49.4 Å². The maximum atomic E-state index is 5.43. The van der Waals surface area contributed by atoms with Crippen molar-refractivity contribution in [3.8, 4) is 0 Å². The van der Waals surface area contributed by atoms with Crippen LogP contribution in [-0.2, 0) is 16.7 Å². The molecule has 0 amide bonds. The lowest BCUT2D eigenvalue weighted by molar-refractivity contribution is 0.122. The summed E-state index contributed by atoms with van der Waals surface area (Å²) in [7, 11) is 0. The third kappa shape index (κ3) is 4.00. The molecule has 0 saturated carbocycles. The molecule has 0 atom stereocenters. The van der Waals surface area contributed by atoms with E-state index in [2.05, 4.69) is 47.0 Å². The quantitative estimate of drug-likeness (QED) is 0.931. The molecule has 6 heteroatoms. The molecule has 1 fully saturated rings. The maximum absolute atomic E-state index is 5.43. The molecule has 0 bridgehead atoms. The second kappa shape index (κ2) is 6.84. The van der Waals surface area contributed by atoms with Gasteiger partial charge in [0.2, 0.25) is 0 Å². The van der Waals surface area contributed by atoms with Gasteiger partial charge in [0.1, 0.15) is 5.01 Å². The van der Waals surface area contributed by atoms with Crippen molar-refractivity contribution in [2.45, 2.75) is 32.7 Å². The monoisotopic (exact) mass is 332 g/mol. The molecular formula is C17H24N4OS. The van der Waals surface area contributed by atoms with Crippen LogP contribution in [0.3, 0.4) is 0 Å². The summed E-state index contributed by atoms with van der Waals surface area (Å²) in [4.78, 5) is 12.7. The highest BCUT2D eigenvalue weighted by atomic mass is 32.1. The second-order valence-corrected chi connectivity index (χ2v) is 7.81. The number of hydrogen-bond donors (Lipinski definition) is 1. The highest BCUT2D eigenvalue weighted by Gasteiger charge is 2.18.